The highest BCUT2D eigenvalue weighted by Gasteiger charge is 2.13. The van der Waals surface area contributed by atoms with Gasteiger partial charge in [0.1, 0.15) is 11.6 Å². The summed E-state index contributed by atoms with van der Waals surface area (Å²) in [5.41, 5.74) is 6.70. The van der Waals surface area contributed by atoms with E-state index in [1.54, 1.807) is 18.2 Å². The molecule has 0 heterocycles. The van der Waals surface area contributed by atoms with E-state index in [4.69, 9.17) is 5.73 Å². The normalized spacial score (nSPS) is 10.4. The summed E-state index contributed by atoms with van der Waals surface area (Å²) in [6, 6.07) is 9.99. The molecule has 2 aromatic rings. The number of halogens is 2. The lowest BCUT2D eigenvalue weighted by atomic mass is 10.1. The molecule has 0 bridgehead atoms. The number of aryl methyl sites for hydroxylation is 1. The average Bonchev–Trinajstić information content (AvgIpc) is 2.48. The Morgan fingerprint density at radius 2 is 1.95 bits per heavy atom. The molecule has 0 aliphatic heterocycles. The summed E-state index contributed by atoms with van der Waals surface area (Å²) in [6.45, 7) is 0.588. The second kappa shape index (κ2) is 6.95. The van der Waals surface area contributed by atoms with Gasteiger partial charge in [-0.15, -0.1) is 0 Å². The third kappa shape index (κ3) is 4.10. The van der Waals surface area contributed by atoms with Crippen molar-refractivity contribution in [3.63, 3.8) is 0 Å². The van der Waals surface area contributed by atoms with Crippen LogP contribution in [0.25, 0.3) is 0 Å². The Hall–Kier alpha value is -2.27. The van der Waals surface area contributed by atoms with E-state index in [0.717, 1.165) is 36.6 Å². The number of hydrogen-bond donors (Lipinski definition) is 2. The molecular weight excluding hydrogens is 274 g/mol. The minimum absolute atomic E-state index is 0.317. The van der Waals surface area contributed by atoms with Crippen LogP contribution in [0.1, 0.15) is 22.3 Å². The van der Waals surface area contributed by atoms with Crippen molar-refractivity contribution in [2.75, 3.05) is 11.9 Å². The number of anilines is 1. The Bertz CT molecular complexity index is 644. The van der Waals surface area contributed by atoms with Crippen molar-refractivity contribution in [3.8, 4) is 0 Å². The third-order valence-corrected chi connectivity index (χ3v) is 3.03. The largest absolute Gasteiger partial charge is 0.330 e. The van der Waals surface area contributed by atoms with Crippen LogP contribution < -0.4 is 11.1 Å². The number of carbonyl (C=O) groups excluding carboxylic acids is 1. The molecule has 1 amide bonds. The second-order valence-corrected chi connectivity index (χ2v) is 4.67. The second-order valence-electron chi connectivity index (χ2n) is 4.67. The molecule has 110 valence electrons. The van der Waals surface area contributed by atoms with Gasteiger partial charge in [-0.05, 0) is 55.3 Å². The molecule has 0 aliphatic rings. The smallest absolute Gasteiger partial charge is 0.258 e. The third-order valence-electron chi connectivity index (χ3n) is 3.03. The van der Waals surface area contributed by atoms with E-state index >= 15 is 0 Å². The van der Waals surface area contributed by atoms with Crippen LogP contribution in [0.5, 0.6) is 0 Å². The maximum absolute atomic E-state index is 13.5. The van der Waals surface area contributed by atoms with Crippen LogP contribution in [-0.4, -0.2) is 12.5 Å². The molecule has 0 radical (unpaired) electrons. The number of carbonyl (C=O) groups is 1. The summed E-state index contributed by atoms with van der Waals surface area (Å²) in [5, 5.41) is 2.57. The quantitative estimate of drug-likeness (QED) is 0.889. The van der Waals surface area contributed by atoms with E-state index in [1.165, 1.54) is 0 Å². The zero-order valence-electron chi connectivity index (χ0n) is 11.4. The lowest BCUT2D eigenvalue weighted by Gasteiger charge is -2.08. The zero-order chi connectivity index (χ0) is 15.2. The molecule has 2 rings (SSSR count). The zero-order valence-corrected chi connectivity index (χ0v) is 11.4. The van der Waals surface area contributed by atoms with Gasteiger partial charge in [-0.3, -0.25) is 4.79 Å². The highest BCUT2D eigenvalue weighted by molar-refractivity contribution is 6.04. The maximum Gasteiger partial charge on any atom is 0.258 e. The first kappa shape index (κ1) is 15.1. The van der Waals surface area contributed by atoms with Gasteiger partial charge in [0.05, 0.1) is 5.56 Å². The number of hydrogen-bond acceptors (Lipinski definition) is 2. The van der Waals surface area contributed by atoms with Crippen LogP contribution in [0.3, 0.4) is 0 Å². The van der Waals surface area contributed by atoms with Gasteiger partial charge in [0.25, 0.3) is 5.91 Å². The van der Waals surface area contributed by atoms with Crippen molar-refractivity contribution in [2.45, 2.75) is 12.8 Å². The van der Waals surface area contributed by atoms with E-state index in [0.29, 0.717) is 12.2 Å². The van der Waals surface area contributed by atoms with Crippen LogP contribution in [0.15, 0.2) is 42.5 Å². The first-order chi connectivity index (χ1) is 10.1. The summed E-state index contributed by atoms with van der Waals surface area (Å²) in [7, 11) is 0. The molecule has 2 aromatic carbocycles. The van der Waals surface area contributed by atoms with Crippen LogP contribution in [-0.2, 0) is 6.42 Å². The van der Waals surface area contributed by atoms with Gasteiger partial charge in [0.15, 0.2) is 0 Å². The number of nitrogens with two attached hydrogens (primary N) is 1. The Kier molecular flexibility index (Phi) is 5.00. The molecule has 0 spiro atoms. The Morgan fingerprint density at radius 1 is 1.14 bits per heavy atom. The predicted octanol–water partition coefficient (Wildman–Crippen LogP) is 3.11. The Morgan fingerprint density at radius 3 is 2.71 bits per heavy atom. The van der Waals surface area contributed by atoms with Crippen molar-refractivity contribution in [1.82, 2.24) is 0 Å². The molecule has 0 atom stereocenters. The van der Waals surface area contributed by atoms with Gasteiger partial charge >= 0.3 is 0 Å². The minimum atomic E-state index is -0.756. The molecule has 3 N–H and O–H groups in total. The molecule has 0 saturated heterocycles. The van der Waals surface area contributed by atoms with Gasteiger partial charge in [-0.25, -0.2) is 8.78 Å². The molecule has 0 saturated carbocycles. The lowest BCUT2D eigenvalue weighted by Crippen LogP contribution is -2.14. The number of rotatable bonds is 5. The van der Waals surface area contributed by atoms with E-state index in [-0.39, 0.29) is 5.56 Å². The van der Waals surface area contributed by atoms with Gasteiger partial charge in [0, 0.05) is 5.69 Å². The Balaban J connectivity index is 2.14. The van der Waals surface area contributed by atoms with Gasteiger partial charge in [-0.2, -0.15) is 0 Å². The summed E-state index contributed by atoms with van der Waals surface area (Å²) >= 11 is 0. The first-order valence-corrected chi connectivity index (χ1v) is 6.65. The maximum atomic E-state index is 13.5. The molecule has 0 aromatic heterocycles. The molecule has 21 heavy (non-hydrogen) atoms. The van der Waals surface area contributed by atoms with Gasteiger partial charge < -0.3 is 11.1 Å². The van der Waals surface area contributed by atoms with Gasteiger partial charge in [-0.1, -0.05) is 12.1 Å². The fraction of sp³-hybridized carbons (Fsp3) is 0.188. The SMILES string of the molecule is NCCCc1cccc(NC(=O)c2cc(F)ccc2F)c1. The highest BCUT2D eigenvalue weighted by atomic mass is 19.1. The van der Waals surface area contributed by atoms with Crippen LogP contribution in [0.2, 0.25) is 0 Å². The van der Waals surface area contributed by atoms with Crippen molar-refractivity contribution in [1.29, 1.82) is 0 Å². The van der Waals surface area contributed by atoms with Crippen molar-refractivity contribution in [2.24, 2.45) is 5.73 Å². The summed E-state index contributed by atoms with van der Waals surface area (Å²) < 4.78 is 26.6. The van der Waals surface area contributed by atoms with Crippen LogP contribution in [0.4, 0.5) is 14.5 Å². The number of nitrogens with one attached hydrogen (secondary N) is 1. The standard InChI is InChI=1S/C16H16F2N2O/c17-12-6-7-15(18)14(10-12)16(21)20-13-5-1-3-11(9-13)4-2-8-19/h1,3,5-7,9-10H,2,4,8,19H2,(H,20,21). The topological polar surface area (TPSA) is 55.1 Å². The Labute approximate surface area is 121 Å². The lowest BCUT2D eigenvalue weighted by molar-refractivity contribution is 0.102. The predicted molar refractivity (Wildman–Crippen MR) is 78.1 cm³/mol. The molecular formula is C16H16F2N2O. The molecule has 0 unspecified atom stereocenters. The summed E-state index contributed by atoms with van der Waals surface area (Å²) in [6.07, 6.45) is 1.64. The summed E-state index contributed by atoms with van der Waals surface area (Å²) in [4.78, 5) is 12.0. The average molecular weight is 290 g/mol. The fourth-order valence-corrected chi connectivity index (χ4v) is 1.98. The molecule has 0 fully saturated rings. The van der Waals surface area contributed by atoms with E-state index in [9.17, 15) is 13.6 Å². The fourth-order valence-electron chi connectivity index (χ4n) is 1.98. The highest BCUT2D eigenvalue weighted by Crippen LogP contribution is 2.15. The molecule has 0 aliphatic carbocycles. The van der Waals surface area contributed by atoms with Crippen molar-refractivity contribution in [3.05, 3.63) is 65.2 Å². The first-order valence-electron chi connectivity index (χ1n) is 6.65. The van der Waals surface area contributed by atoms with Crippen molar-refractivity contribution >= 4 is 11.6 Å². The van der Waals surface area contributed by atoms with E-state index in [1.807, 2.05) is 6.07 Å². The molecule has 5 heteroatoms. The number of amides is 1. The minimum Gasteiger partial charge on any atom is -0.330 e. The van der Waals surface area contributed by atoms with Crippen LogP contribution in [0, 0.1) is 11.6 Å². The van der Waals surface area contributed by atoms with E-state index in [2.05, 4.69) is 5.32 Å². The number of benzene rings is 2. The van der Waals surface area contributed by atoms with E-state index < -0.39 is 17.5 Å². The monoisotopic (exact) mass is 290 g/mol. The molecule has 3 nitrogen and oxygen atoms in total. The van der Waals surface area contributed by atoms with Crippen molar-refractivity contribution < 1.29 is 13.6 Å². The van der Waals surface area contributed by atoms with Gasteiger partial charge in [0.2, 0.25) is 0 Å². The summed E-state index contributed by atoms with van der Waals surface area (Å²) in [5.74, 6) is -2.09. The van der Waals surface area contributed by atoms with Crippen LogP contribution >= 0.6 is 0 Å².